The van der Waals surface area contributed by atoms with Crippen molar-refractivity contribution in [2.24, 2.45) is 0 Å². The van der Waals surface area contributed by atoms with Gasteiger partial charge in [0.2, 0.25) is 5.91 Å². The Bertz CT molecular complexity index is 1350. The smallest absolute Gasteiger partial charge is 0.416 e. The number of hydrogen-bond donors (Lipinski definition) is 2. The van der Waals surface area contributed by atoms with Gasteiger partial charge in [0.05, 0.1) is 12.7 Å². The zero-order valence-corrected chi connectivity index (χ0v) is 19.0. The zero-order chi connectivity index (χ0) is 25.1. The number of halogens is 3. The van der Waals surface area contributed by atoms with E-state index in [4.69, 9.17) is 9.26 Å². The largest absolute Gasteiger partial charge is 0.495 e. The lowest BCUT2D eigenvalue weighted by molar-refractivity contribution is -0.137. The second-order valence-corrected chi connectivity index (χ2v) is 8.77. The molecular weight excluding hydrogens is 475 g/mol. The standard InChI is InChI=1S/C22H20F3N3O5S/c1-13-21(26-14(2)29)19(33-27-13)10-8-15-7-9-18(32-3)20(11-15)34(30,31)28-17-6-4-5-16(12-17)22(23,24)25/h4-12,28H,1-3H3,(H,26,29). The minimum atomic E-state index is -4.63. The fourth-order valence-electron chi connectivity index (χ4n) is 2.98. The van der Waals surface area contributed by atoms with Crippen molar-refractivity contribution in [1.82, 2.24) is 5.16 Å². The van der Waals surface area contributed by atoms with E-state index in [-0.39, 0.29) is 28.0 Å². The van der Waals surface area contributed by atoms with Crippen molar-refractivity contribution in [2.45, 2.75) is 24.9 Å². The van der Waals surface area contributed by atoms with E-state index in [0.717, 1.165) is 12.1 Å². The monoisotopic (exact) mass is 495 g/mol. The summed E-state index contributed by atoms with van der Waals surface area (Å²) in [5.41, 5.74) is -0.00826. The van der Waals surface area contributed by atoms with E-state index in [2.05, 4.69) is 15.2 Å². The summed E-state index contributed by atoms with van der Waals surface area (Å²) in [7, 11) is -3.04. The molecule has 0 fully saturated rings. The van der Waals surface area contributed by atoms with E-state index in [1.807, 2.05) is 0 Å². The van der Waals surface area contributed by atoms with Crippen molar-refractivity contribution in [3.63, 3.8) is 0 Å². The molecule has 2 N–H and O–H groups in total. The summed E-state index contributed by atoms with van der Waals surface area (Å²) in [5.74, 6) is -0.0828. The highest BCUT2D eigenvalue weighted by Gasteiger charge is 2.31. The predicted molar refractivity (Wildman–Crippen MR) is 120 cm³/mol. The molecule has 2 aromatic carbocycles. The highest BCUT2D eigenvalue weighted by Crippen LogP contribution is 2.32. The maximum absolute atomic E-state index is 13.0. The first-order valence-electron chi connectivity index (χ1n) is 9.71. The minimum absolute atomic E-state index is 0.00827. The van der Waals surface area contributed by atoms with Crippen LogP contribution in [0.2, 0.25) is 0 Å². The molecule has 1 aromatic heterocycles. The van der Waals surface area contributed by atoms with Crippen LogP contribution < -0.4 is 14.8 Å². The van der Waals surface area contributed by atoms with Crippen molar-refractivity contribution < 1.29 is 35.6 Å². The van der Waals surface area contributed by atoms with Crippen molar-refractivity contribution in [3.05, 3.63) is 65.0 Å². The van der Waals surface area contributed by atoms with Crippen molar-refractivity contribution in [2.75, 3.05) is 17.1 Å². The van der Waals surface area contributed by atoms with Crippen LogP contribution in [0.5, 0.6) is 5.75 Å². The van der Waals surface area contributed by atoms with Gasteiger partial charge in [-0.2, -0.15) is 13.2 Å². The molecule has 1 amide bonds. The third kappa shape index (κ3) is 5.76. The number of sulfonamides is 1. The quantitative estimate of drug-likeness (QED) is 0.480. The van der Waals surface area contributed by atoms with Crippen LogP contribution in [0.4, 0.5) is 24.5 Å². The van der Waals surface area contributed by atoms with Gasteiger partial charge in [0, 0.05) is 12.6 Å². The second kappa shape index (κ2) is 9.59. The Balaban J connectivity index is 1.94. The number of methoxy groups -OCH3 is 1. The lowest BCUT2D eigenvalue weighted by Crippen LogP contribution is -2.15. The lowest BCUT2D eigenvalue weighted by Gasteiger charge is -2.14. The molecule has 3 rings (SSSR count). The van der Waals surface area contributed by atoms with E-state index in [9.17, 15) is 26.4 Å². The number of carbonyl (C=O) groups excluding carboxylic acids is 1. The Labute approximate surface area is 193 Å². The molecule has 0 unspecified atom stereocenters. The first-order chi connectivity index (χ1) is 15.9. The van der Waals surface area contributed by atoms with Crippen LogP contribution in [0.3, 0.4) is 0 Å². The van der Waals surface area contributed by atoms with Crippen LogP contribution in [0.1, 0.15) is 29.5 Å². The number of aromatic nitrogens is 1. The second-order valence-electron chi connectivity index (χ2n) is 7.12. The van der Waals surface area contributed by atoms with Gasteiger partial charge in [0.15, 0.2) is 5.76 Å². The van der Waals surface area contributed by atoms with Gasteiger partial charge in [-0.3, -0.25) is 9.52 Å². The number of nitrogens with one attached hydrogen (secondary N) is 2. The van der Waals surface area contributed by atoms with E-state index < -0.39 is 21.8 Å². The molecule has 12 heteroatoms. The average Bonchev–Trinajstić information content (AvgIpc) is 3.10. The van der Waals surface area contributed by atoms with E-state index in [1.54, 1.807) is 13.0 Å². The molecule has 0 saturated carbocycles. The summed E-state index contributed by atoms with van der Waals surface area (Å²) in [6, 6.07) is 8.10. The highest BCUT2D eigenvalue weighted by molar-refractivity contribution is 7.92. The number of carbonyl (C=O) groups is 1. The maximum atomic E-state index is 13.0. The number of anilines is 2. The highest BCUT2D eigenvalue weighted by atomic mass is 32.2. The fraction of sp³-hybridized carbons (Fsp3) is 0.182. The maximum Gasteiger partial charge on any atom is 0.416 e. The molecule has 0 radical (unpaired) electrons. The van der Waals surface area contributed by atoms with Gasteiger partial charge in [-0.1, -0.05) is 23.4 Å². The molecule has 0 spiro atoms. The minimum Gasteiger partial charge on any atom is -0.495 e. The predicted octanol–water partition coefficient (Wildman–Crippen LogP) is 4.94. The summed E-state index contributed by atoms with van der Waals surface area (Å²) in [6.07, 6.45) is -1.61. The Kier molecular flexibility index (Phi) is 7.01. The van der Waals surface area contributed by atoms with E-state index in [0.29, 0.717) is 23.0 Å². The van der Waals surface area contributed by atoms with Gasteiger partial charge in [-0.05, 0) is 48.9 Å². The van der Waals surface area contributed by atoms with E-state index in [1.165, 1.54) is 44.4 Å². The van der Waals surface area contributed by atoms with Crippen LogP contribution in [0.25, 0.3) is 12.2 Å². The molecule has 180 valence electrons. The van der Waals surface area contributed by atoms with Crippen LogP contribution >= 0.6 is 0 Å². The first-order valence-corrected chi connectivity index (χ1v) is 11.2. The first kappa shape index (κ1) is 24.8. The SMILES string of the molecule is COc1ccc(C=Cc2onc(C)c2NC(C)=O)cc1S(=O)(=O)Nc1cccc(C(F)(F)F)c1. The van der Waals surface area contributed by atoms with Gasteiger partial charge in [0.25, 0.3) is 10.0 Å². The summed E-state index contributed by atoms with van der Waals surface area (Å²) >= 11 is 0. The number of nitrogens with zero attached hydrogens (tertiary/aromatic N) is 1. The van der Waals surface area contributed by atoms with Crippen molar-refractivity contribution in [1.29, 1.82) is 0 Å². The summed E-state index contributed by atoms with van der Waals surface area (Å²) < 4.78 is 77.3. The summed E-state index contributed by atoms with van der Waals surface area (Å²) in [6.45, 7) is 2.97. The Hall–Kier alpha value is -3.80. The van der Waals surface area contributed by atoms with E-state index >= 15 is 0 Å². The third-order valence-corrected chi connectivity index (χ3v) is 5.94. The third-order valence-electron chi connectivity index (χ3n) is 4.54. The van der Waals surface area contributed by atoms with Crippen LogP contribution in [0.15, 0.2) is 51.9 Å². The number of aryl methyl sites for hydroxylation is 1. The molecule has 0 aliphatic carbocycles. The average molecular weight is 495 g/mol. The molecule has 8 nitrogen and oxygen atoms in total. The van der Waals surface area contributed by atoms with Crippen LogP contribution in [-0.4, -0.2) is 26.6 Å². The molecule has 1 heterocycles. The Morgan fingerprint density at radius 1 is 1.15 bits per heavy atom. The Morgan fingerprint density at radius 3 is 2.53 bits per heavy atom. The fourth-order valence-corrected chi connectivity index (χ4v) is 4.23. The zero-order valence-electron chi connectivity index (χ0n) is 18.2. The van der Waals surface area contributed by atoms with Gasteiger partial charge in [-0.15, -0.1) is 0 Å². The molecule has 0 saturated heterocycles. The summed E-state index contributed by atoms with van der Waals surface area (Å²) in [5, 5.41) is 6.39. The van der Waals surface area contributed by atoms with Gasteiger partial charge >= 0.3 is 6.18 Å². The normalized spacial score (nSPS) is 12.1. The Morgan fingerprint density at radius 2 is 1.88 bits per heavy atom. The van der Waals surface area contributed by atoms with Crippen LogP contribution in [-0.2, 0) is 21.0 Å². The lowest BCUT2D eigenvalue weighted by atomic mass is 10.2. The van der Waals surface area contributed by atoms with Crippen LogP contribution in [0, 0.1) is 6.92 Å². The number of rotatable bonds is 7. The molecule has 0 aliphatic heterocycles. The molecule has 3 aromatic rings. The summed E-state index contributed by atoms with van der Waals surface area (Å²) in [4.78, 5) is 11.1. The molecule has 34 heavy (non-hydrogen) atoms. The topological polar surface area (TPSA) is 111 Å². The number of alkyl halides is 3. The van der Waals surface area contributed by atoms with Gasteiger partial charge in [-0.25, -0.2) is 8.42 Å². The number of amides is 1. The van der Waals surface area contributed by atoms with Crippen molar-refractivity contribution >= 4 is 39.5 Å². The molecule has 0 bridgehead atoms. The number of hydrogen-bond acceptors (Lipinski definition) is 6. The van der Waals surface area contributed by atoms with Gasteiger partial charge in [0.1, 0.15) is 22.0 Å². The number of benzene rings is 2. The number of ether oxygens (including phenoxy) is 1. The molecule has 0 atom stereocenters. The molecular formula is C22H20F3N3O5S. The van der Waals surface area contributed by atoms with Gasteiger partial charge < -0.3 is 14.6 Å². The van der Waals surface area contributed by atoms with Crippen molar-refractivity contribution in [3.8, 4) is 5.75 Å². The molecule has 0 aliphatic rings.